The molecule has 5 rings (SSSR count). The van der Waals surface area contributed by atoms with Gasteiger partial charge in [-0.25, -0.2) is 9.97 Å². The van der Waals surface area contributed by atoms with Crippen molar-refractivity contribution in [3.63, 3.8) is 0 Å². The molecule has 0 unspecified atom stereocenters. The zero-order chi connectivity index (χ0) is 24.5. The van der Waals surface area contributed by atoms with E-state index in [-0.39, 0.29) is 5.91 Å². The number of likely N-dealkylation sites (tertiary alicyclic amines) is 1. The van der Waals surface area contributed by atoms with Crippen molar-refractivity contribution in [3.05, 3.63) is 34.3 Å². The van der Waals surface area contributed by atoms with Gasteiger partial charge in [0.1, 0.15) is 5.82 Å². The molecule has 0 bridgehead atoms. The number of benzene rings is 1. The van der Waals surface area contributed by atoms with Crippen molar-refractivity contribution >= 4 is 63.1 Å². The van der Waals surface area contributed by atoms with E-state index in [1.165, 1.54) is 0 Å². The van der Waals surface area contributed by atoms with Crippen molar-refractivity contribution in [2.45, 2.75) is 39.8 Å². The topological polar surface area (TPSA) is 117 Å². The van der Waals surface area contributed by atoms with Crippen molar-refractivity contribution < 1.29 is 4.79 Å². The van der Waals surface area contributed by atoms with E-state index in [0.717, 1.165) is 61.5 Å². The van der Waals surface area contributed by atoms with Crippen LogP contribution < -0.4 is 10.6 Å². The van der Waals surface area contributed by atoms with E-state index < -0.39 is 0 Å². The lowest BCUT2D eigenvalue weighted by molar-refractivity contribution is -0.130. The number of aromatic amines is 1. The maximum Gasteiger partial charge on any atom is 0.226 e. The van der Waals surface area contributed by atoms with Crippen molar-refractivity contribution in [1.29, 1.82) is 0 Å². The second-order valence-corrected chi connectivity index (χ2v) is 9.56. The predicted molar refractivity (Wildman–Crippen MR) is 138 cm³/mol. The molecular weight excluding hydrogens is 489 g/mol. The first-order chi connectivity index (χ1) is 16.9. The molecule has 0 aliphatic carbocycles. The predicted octanol–water partition coefficient (Wildman–Crippen LogP) is 4.31. The second-order valence-electron chi connectivity index (χ2n) is 8.75. The van der Waals surface area contributed by atoms with Gasteiger partial charge in [0, 0.05) is 33.1 Å². The van der Waals surface area contributed by atoms with Crippen LogP contribution in [0, 0.1) is 5.92 Å². The molecule has 1 fully saturated rings. The highest BCUT2D eigenvalue weighted by molar-refractivity contribution is 6.42. The maximum atomic E-state index is 11.6. The Morgan fingerprint density at radius 2 is 1.91 bits per heavy atom. The highest BCUT2D eigenvalue weighted by Crippen LogP contribution is 2.27. The van der Waals surface area contributed by atoms with E-state index >= 15 is 0 Å². The normalized spacial score (nSPS) is 14.7. The fourth-order valence-corrected chi connectivity index (χ4v) is 4.70. The summed E-state index contributed by atoms with van der Waals surface area (Å²) in [7, 11) is 0. The van der Waals surface area contributed by atoms with E-state index in [1.54, 1.807) is 25.4 Å². The SMILES string of the molecule is CCn1cnc2c(NCc3nc4cc(Cl)c(Cl)cc4[nH]3)nc(NCC3CCN(C(C)=O)CC3)nc21. The number of nitrogens with zero attached hydrogens (tertiary/aromatic N) is 6. The third kappa shape index (κ3) is 4.99. The first kappa shape index (κ1) is 23.6. The smallest absolute Gasteiger partial charge is 0.226 e. The summed E-state index contributed by atoms with van der Waals surface area (Å²) in [5, 5.41) is 7.71. The van der Waals surface area contributed by atoms with Gasteiger partial charge in [-0.3, -0.25) is 4.79 Å². The summed E-state index contributed by atoms with van der Waals surface area (Å²) in [6.07, 6.45) is 3.71. The summed E-state index contributed by atoms with van der Waals surface area (Å²) < 4.78 is 1.99. The van der Waals surface area contributed by atoms with E-state index in [1.807, 2.05) is 9.47 Å². The van der Waals surface area contributed by atoms with Crippen LogP contribution in [0.5, 0.6) is 0 Å². The Morgan fingerprint density at radius 3 is 2.66 bits per heavy atom. The quantitative estimate of drug-likeness (QED) is 0.335. The molecule has 184 valence electrons. The molecule has 1 aliphatic rings. The molecule has 10 nitrogen and oxygen atoms in total. The second kappa shape index (κ2) is 9.87. The number of H-pyrrole nitrogens is 1. The molecule has 1 amide bonds. The Balaban J connectivity index is 1.33. The molecule has 1 aliphatic heterocycles. The number of aromatic nitrogens is 6. The molecule has 4 aromatic rings. The summed E-state index contributed by atoms with van der Waals surface area (Å²) in [6.45, 7) is 7.19. The minimum Gasteiger partial charge on any atom is -0.361 e. The van der Waals surface area contributed by atoms with Crippen LogP contribution >= 0.6 is 23.2 Å². The lowest BCUT2D eigenvalue weighted by Gasteiger charge is -2.31. The largest absolute Gasteiger partial charge is 0.361 e. The fourth-order valence-electron chi connectivity index (χ4n) is 4.37. The Morgan fingerprint density at radius 1 is 1.14 bits per heavy atom. The zero-order valence-electron chi connectivity index (χ0n) is 19.6. The summed E-state index contributed by atoms with van der Waals surface area (Å²) >= 11 is 12.3. The van der Waals surface area contributed by atoms with Gasteiger partial charge in [0.2, 0.25) is 11.9 Å². The van der Waals surface area contributed by atoms with E-state index in [0.29, 0.717) is 39.8 Å². The van der Waals surface area contributed by atoms with Crippen molar-refractivity contribution in [2.75, 3.05) is 30.3 Å². The number of hydrogen-bond donors (Lipinski definition) is 3. The van der Waals surface area contributed by atoms with Crippen molar-refractivity contribution in [3.8, 4) is 0 Å². The van der Waals surface area contributed by atoms with Crippen molar-refractivity contribution in [1.82, 2.24) is 34.4 Å². The summed E-state index contributed by atoms with van der Waals surface area (Å²) in [4.78, 5) is 35.3. The number of carbonyl (C=O) groups is 1. The Kier molecular flexibility index (Phi) is 6.66. The van der Waals surface area contributed by atoms with Crippen LogP contribution in [0.4, 0.5) is 11.8 Å². The molecule has 12 heteroatoms. The van der Waals surface area contributed by atoms with Crippen LogP contribution in [0.15, 0.2) is 18.5 Å². The van der Waals surface area contributed by atoms with E-state index in [4.69, 9.17) is 33.2 Å². The molecule has 0 atom stereocenters. The highest BCUT2D eigenvalue weighted by atomic mass is 35.5. The molecule has 35 heavy (non-hydrogen) atoms. The average Bonchev–Trinajstić information content (AvgIpc) is 3.45. The third-order valence-corrected chi connectivity index (χ3v) is 7.13. The molecule has 0 saturated carbocycles. The Labute approximate surface area is 212 Å². The molecule has 0 spiro atoms. The number of fused-ring (bicyclic) bond motifs is 2. The van der Waals surface area contributed by atoms with E-state index in [2.05, 4.69) is 32.5 Å². The average molecular weight is 516 g/mol. The van der Waals surface area contributed by atoms with Gasteiger partial charge >= 0.3 is 0 Å². The van der Waals surface area contributed by atoms with Crippen LogP contribution in [-0.2, 0) is 17.9 Å². The molecule has 3 N–H and O–H groups in total. The van der Waals surface area contributed by atoms with Crippen LogP contribution in [0.25, 0.3) is 22.2 Å². The monoisotopic (exact) mass is 515 g/mol. The van der Waals surface area contributed by atoms with Gasteiger partial charge in [0.05, 0.1) is 34.0 Å². The standard InChI is InChI=1S/C23H27Cl2N9O/c1-3-33-12-28-20-21(26-11-19-29-17-8-15(24)16(25)9-18(17)30-19)31-23(32-22(20)33)27-10-14-4-6-34(7-5-14)13(2)35/h8-9,12,14H,3-7,10-11H2,1-2H3,(H,29,30)(H2,26,27,31,32). The lowest BCUT2D eigenvalue weighted by atomic mass is 9.97. The molecular formula is C23H27Cl2N9O. The van der Waals surface area contributed by atoms with Gasteiger partial charge in [-0.15, -0.1) is 0 Å². The van der Waals surface area contributed by atoms with Gasteiger partial charge in [-0.1, -0.05) is 23.2 Å². The number of halogens is 2. The number of hydrogen-bond acceptors (Lipinski definition) is 7. The molecule has 0 radical (unpaired) electrons. The minimum atomic E-state index is 0.143. The van der Waals surface area contributed by atoms with Gasteiger partial charge < -0.3 is 25.1 Å². The summed E-state index contributed by atoms with van der Waals surface area (Å²) in [6, 6.07) is 3.51. The van der Waals surface area contributed by atoms with Gasteiger partial charge in [-0.2, -0.15) is 9.97 Å². The number of imidazole rings is 2. The fraction of sp³-hybridized carbons (Fsp3) is 0.435. The first-order valence-electron chi connectivity index (χ1n) is 11.7. The lowest BCUT2D eigenvalue weighted by Crippen LogP contribution is -2.38. The van der Waals surface area contributed by atoms with Gasteiger partial charge in [0.25, 0.3) is 0 Å². The van der Waals surface area contributed by atoms with E-state index in [9.17, 15) is 4.79 Å². The molecule has 1 saturated heterocycles. The number of anilines is 2. The van der Waals surface area contributed by atoms with Crippen molar-refractivity contribution in [2.24, 2.45) is 5.92 Å². The molecule has 3 aromatic heterocycles. The molecule has 4 heterocycles. The number of carbonyl (C=O) groups excluding carboxylic acids is 1. The Hall–Kier alpha value is -3.11. The first-order valence-corrected chi connectivity index (χ1v) is 12.5. The number of amides is 1. The zero-order valence-corrected chi connectivity index (χ0v) is 21.1. The number of aryl methyl sites for hydroxylation is 1. The van der Waals surface area contributed by atoms with Crippen LogP contribution in [0.3, 0.4) is 0 Å². The number of nitrogens with one attached hydrogen (secondary N) is 3. The third-order valence-electron chi connectivity index (χ3n) is 6.41. The minimum absolute atomic E-state index is 0.143. The summed E-state index contributed by atoms with van der Waals surface area (Å²) in [5.41, 5.74) is 3.03. The van der Waals surface area contributed by atoms with Crippen LogP contribution in [0.1, 0.15) is 32.5 Å². The number of rotatable bonds is 7. The van der Waals surface area contributed by atoms with Crippen LogP contribution in [0.2, 0.25) is 10.0 Å². The number of piperidine rings is 1. The summed E-state index contributed by atoms with van der Waals surface area (Å²) in [5.74, 6) is 2.52. The maximum absolute atomic E-state index is 11.6. The Bertz CT molecular complexity index is 1340. The van der Waals surface area contributed by atoms with Gasteiger partial charge in [-0.05, 0) is 37.8 Å². The van der Waals surface area contributed by atoms with Crippen LogP contribution in [-0.4, -0.2) is 59.9 Å². The van der Waals surface area contributed by atoms with Gasteiger partial charge in [0.15, 0.2) is 17.0 Å². The highest BCUT2D eigenvalue weighted by Gasteiger charge is 2.21. The molecule has 1 aromatic carbocycles.